The largest absolute Gasteiger partial charge is 0.426 e. The van der Waals surface area contributed by atoms with Gasteiger partial charge in [0.15, 0.2) is 17.5 Å². The van der Waals surface area contributed by atoms with E-state index in [2.05, 4.69) is 25.2 Å². The molecule has 1 aromatic carbocycles. The van der Waals surface area contributed by atoms with Gasteiger partial charge in [0.2, 0.25) is 5.90 Å². The number of allylic oxidation sites excluding steroid dienone is 7. The van der Waals surface area contributed by atoms with Gasteiger partial charge in [0.05, 0.1) is 5.70 Å². The van der Waals surface area contributed by atoms with Gasteiger partial charge in [-0.25, -0.2) is 0 Å². The molecule has 33 heavy (non-hydrogen) atoms. The summed E-state index contributed by atoms with van der Waals surface area (Å²) in [6, 6.07) is 7.25. The molecule has 0 bridgehead atoms. The number of carbonyl (C=O) groups excluding carboxylic acids is 2. The van der Waals surface area contributed by atoms with Crippen LogP contribution >= 0.6 is 0 Å². The highest BCUT2D eigenvalue weighted by atomic mass is 16.5. The zero-order valence-corrected chi connectivity index (χ0v) is 19.1. The molecule has 3 N–H and O–H groups in total. The third kappa shape index (κ3) is 3.32. The molecule has 0 saturated carbocycles. The Morgan fingerprint density at radius 2 is 1.82 bits per heavy atom. The summed E-state index contributed by atoms with van der Waals surface area (Å²) in [6.07, 6.45) is 6.94. The highest BCUT2D eigenvalue weighted by Gasteiger charge is 2.47. The van der Waals surface area contributed by atoms with E-state index in [4.69, 9.17) is 15.6 Å². The molecular formula is C27H27N3O3. The van der Waals surface area contributed by atoms with E-state index in [1.807, 2.05) is 18.2 Å². The molecule has 0 radical (unpaired) electrons. The molecule has 1 unspecified atom stereocenters. The predicted molar refractivity (Wildman–Crippen MR) is 126 cm³/mol. The van der Waals surface area contributed by atoms with Crippen molar-refractivity contribution in [1.29, 1.82) is 10.8 Å². The van der Waals surface area contributed by atoms with Crippen LogP contribution in [0.15, 0.2) is 70.1 Å². The van der Waals surface area contributed by atoms with E-state index in [1.54, 1.807) is 12.1 Å². The minimum absolute atomic E-state index is 0.00830. The second-order valence-corrected chi connectivity index (χ2v) is 9.73. The second kappa shape index (κ2) is 7.51. The Bertz CT molecular complexity index is 1260. The summed E-state index contributed by atoms with van der Waals surface area (Å²) in [5.74, 6) is -0.504. The maximum Gasteiger partial charge on any atom is 0.220 e. The lowest BCUT2D eigenvalue weighted by molar-refractivity contribution is -0.116. The van der Waals surface area contributed by atoms with Gasteiger partial charge >= 0.3 is 0 Å². The van der Waals surface area contributed by atoms with E-state index in [-0.39, 0.29) is 28.8 Å². The summed E-state index contributed by atoms with van der Waals surface area (Å²) in [6.45, 7) is 5.80. The number of dihydropyridines is 1. The summed E-state index contributed by atoms with van der Waals surface area (Å²) >= 11 is 0. The smallest absolute Gasteiger partial charge is 0.220 e. The number of fused-ring (bicyclic) bond motifs is 1. The Morgan fingerprint density at radius 3 is 2.52 bits per heavy atom. The lowest BCUT2D eigenvalue weighted by Gasteiger charge is -2.36. The van der Waals surface area contributed by atoms with E-state index < -0.39 is 5.92 Å². The predicted octanol–water partition coefficient (Wildman–Crippen LogP) is 4.84. The maximum absolute atomic E-state index is 13.7. The van der Waals surface area contributed by atoms with Gasteiger partial charge in [-0.05, 0) is 47.9 Å². The van der Waals surface area contributed by atoms with Gasteiger partial charge in [0, 0.05) is 47.2 Å². The Hall–Kier alpha value is -3.54. The highest BCUT2D eigenvalue weighted by molar-refractivity contribution is 6.18. The molecule has 3 aliphatic carbocycles. The zero-order valence-electron chi connectivity index (χ0n) is 19.1. The number of rotatable bonds is 2. The van der Waals surface area contributed by atoms with E-state index in [1.165, 1.54) is 6.92 Å². The maximum atomic E-state index is 13.7. The van der Waals surface area contributed by atoms with Crippen LogP contribution < -0.4 is 5.32 Å². The molecule has 1 aliphatic heterocycles. The Kier molecular flexibility index (Phi) is 4.85. The van der Waals surface area contributed by atoms with Crippen LogP contribution in [0.5, 0.6) is 0 Å². The van der Waals surface area contributed by atoms with Crippen LogP contribution in [0.3, 0.4) is 0 Å². The van der Waals surface area contributed by atoms with E-state index in [0.29, 0.717) is 23.1 Å². The third-order valence-electron chi connectivity index (χ3n) is 6.94. The van der Waals surface area contributed by atoms with Gasteiger partial charge in [-0.2, -0.15) is 0 Å². The van der Waals surface area contributed by atoms with Crippen LogP contribution in [0.4, 0.5) is 0 Å². The fourth-order valence-corrected chi connectivity index (χ4v) is 5.48. The molecule has 4 aliphatic rings. The van der Waals surface area contributed by atoms with Crippen molar-refractivity contribution in [1.82, 2.24) is 5.32 Å². The average molecular weight is 442 g/mol. The molecule has 0 aromatic heterocycles. The standard InChI is InChI=1S/C27H27N3O3/c1-14(28)33-26(29)16-11-9-15(10-12-16)20-21-18(7-4-8-19(21)31)30-24-22(20)25(32)17-6-5-13-27(2,3)23(17)24/h5-6,9-12,20,28-30H,4,7-8,13H2,1-3H3. The van der Waals surface area contributed by atoms with Gasteiger partial charge in [-0.1, -0.05) is 38.1 Å². The molecule has 1 atom stereocenters. The third-order valence-corrected chi connectivity index (χ3v) is 6.94. The Balaban J connectivity index is 1.63. The van der Waals surface area contributed by atoms with Crippen molar-refractivity contribution < 1.29 is 14.3 Å². The number of hydrogen-bond donors (Lipinski definition) is 3. The first-order valence-electron chi connectivity index (χ1n) is 11.3. The lowest BCUT2D eigenvalue weighted by Crippen LogP contribution is -2.34. The van der Waals surface area contributed by atoms with E-state index in [0.717, 1.165) is 47.4 Å². The van der Waals surface area contributed by atoms with Gasteiger partial charge in [-0.15, -0.1) is 0 Å². The Labute approximate surface area is 193 Å². The van der Waals surface area contributed by atoms with Crippen LogP contribution in [0, 0.1) is 16.2 Å². The normalized spacial score (nSPS) is 23.2. The number of ether oxygens (including phenoxy) is 1. The van der Waals surface area contributed by atoms with Crippen molar-refractivity contribution >= 4 is 23.4 Å². The van der Waals surface area contributed by atoms with Crippen LogP contribution in [-0.4, -0.2) is 23.4 Å². The molecule has 0 amide bonds. The van der Waals surface area contributed by atoms with Gasteiger partial charge < -0.3 is 10.1 Å². The fourth-order valence-electron chi connectivity index (χ4n) is 5.48. The molecule has 0 fully saturated rings. The van der Waals surface area contributed by atoms with Crippen molar-refractivity contribution in [2.45, 2.75) is 52.4 Å². The topological polar surface area (TPSA) is 103 Å². The summed E-state index contributed by atoms with van der Waals surface area (Å²) in [5, 5.41) is 19.0. The lowest BCUT2D eigenvalue weighted by atomic mass is 9.73. The molecule has 1 heterocycles. The van der Waals surface area contributed by atoms with Crippen molar-refractivity contribution in [3.8, 4) is 0 Å². The number of carbonyl (C=O) groups is 2. The summed E-state index contributed by atoms with van der Waals surface area (Å²) in [7, 11) is 0. The molecule has 5 rings (SSSR count). The Morgan fingerprint density at radius 1 is 1.09 bits per heavy atom. The van der Waals surface area contributed by atoms with Crippen molar-refractivity contribution in [2.24, 2.45) is 5.41 Å². The summed E-state index contributed by atoms with van der Waals surface area (Å²) in [5.41, 5.74) is 6.16. The number of hydrogen-bond acceptors (Lipinski definition) is 6. The number of ketones is 2. The van der Waals surface area contributed by atoms with Gasteiger partial charge in [0.25, 0.3) is 0 Å². The quantitative estimate of drug-likeness (QED) is 0.451. The molecule has 6 nitrogen and oxygen atoms in total. The first-order valence-corrected chi connectivity index (χ1v) is 11.3. The van der Waals surface area contributed by atoms with E-state index in [9.17, 15) is 9.59 Å². The molecular weight excluding hydrogens is 414 g/mol. The van der Waals surface area contributed by atoms with Crippen LogP contribution in [0.25, 0.3) is 0 Å². The van der Waals surface area contributed by atoms with Crippen molar-refractivity contribution in [3.63, 3.8) is 0 Å². The van der Waals surface area contributed by atoms with Crippen LogP contribution in [0.2, 0.25) is 0 Å². The number of nitrogens with one attached hydrogen (secondary N) is 3. The van der Waals surface area contributed by atoms with Crippen molar-refractivity contribution in [3.05, 3.63) is 81.2 Å². The van der Waals surface area contributed by atoms with Gasteiger partial charge in [-0.3, -0.25) is 20.4 Å². The average Bonchev–Trinajstić information content (AvgIpc) is 3.05. The van der Waals surface area contributed by atoms with E-state index >= 15 is 0 Å². The molecule has 0 spiro atoms. The minimum atomic E-state index is -0.431. The molecule has 0 saturated heterocycles. The first kappa shape index (κ1) is 21.3. The number of Topliss-reactive ketones (excluding diaryl/α,β-unsaturated/α-hetero) is 2. The van der Waals surface area contributed by atoms with Crippen LogP contribution in [0.1, 0.15) is 63.5 Å². The van der Waals surface area contributed by atoms with Gasteiger partial charge in [0.1, 0.15) is 0 Å². The fraction of sp³-hybridized carbons (Fsp3) is 0.333. The molecule has 6 heteroatoms. The highest BCUT2D eigenvalue weighted by Crippen LogP contribution is 2.53. The second-order valence-electron chi connectivity index (χ2n) is 9.73. The zero-order chi connectivity index (χ0) is 23.5. The monoisotopic (exact) mass is 441 g/mol. The SMILES string of the molecule is CC(=N)OC(=N)c1ccc(C2C3=C(CCCC3=O)NC3=C2C(=O)C2=C3C(C)(C)CC=C2)cc1. The number of benzene rings is 1. The minimum Gasteiger partial charge on any atom is -0.426 e. The van der Waals surface area contributed by atoms with Crippen LogP contribution in [-0.2, 0) is 14.3 Å². The molecule has 168 valence electrons. The summed E-state index contributed by atoms with van der Waals surface area (Å²) < 4.78 is 5.11. The summed E-state index contributed by atoms with van der Waals surface area (Å²) in [4.78, 5) is 26.8. The van der Waals surface area contributed by atoms with Crippen molar-refractivity contribution in [2.75, 3.05) is 0 Å². The first-order chi connectivity index (χ1) is 15.7. The molecule has 1 aromatic rings.